The highest BCUT2D eigenvalue weighted by atomic mass is 15.3. The first-order chi connectivity index (χ1) is 14.3. The molecule has 29 heavy (non-hydrogen) atoms. The molecule has 1 atom stereocenters. The molecule has 3 heterocycles. The van der Waals surface area contributed by atoms with Crippen LogP contribution >= 0.6 is 0 Å². The lowest BCUT2D eigenvalue weighted by molar-refractivity contribution is 0.328. The summed E-state index contributed by atoms with van der Waals surface area (Å²) in [5.41, 5.74) is 2.27. The maximum absolute atomic E-state index is 4.35. The minimum absolute atomic E-state index is 0.582. The second-order valence-electron chi connectivity index (χ2n) is 7.54. The number of nitrogens with one attached hydrogen (secondary N) is 2. The molecule has 0 aliphatic carbocycles. The molecule has 152 valence electrons. The van der Waals surface area contributed by atoms with E-state index in [4.69, 9.17) is 0 Å². The number of rotatable bonds is 7. The molecule has 1 aliphatic rings. The Labute approximate surface area is 171 Å². The van der Waals surface area contributed by atoms with E-state index in [9.17, 15) is 0 Å². The summed E-state index contributed by atoms with van der Waals surface area (Å²) in [6.07, 6.45) is 4.33. The van der Waals surface area contributed by atoms with Gasteiger partial charge in [0.25, 0.3) is 0 Å². The van der Waals surface area contributed by atoms with Crippen molar-refractivity contribution in [1.82, 2.24) is 30.1 Å². The van der Waals surface area contributed by atoms with Crippen LogP contribution in [0.3, 0.4) is 0 Å². The fourth-order valence-corrected chi connectivity index (χ4v) is 3.85. The van der Waals surface area contributed by atoms with Gasteiger partial charge in [0.1, 0.15) is 0 Å². The van der Waals surface area contributed by atoms with Gasteiger partial charge in [-0.2, -0.15) is 0 Å². The van der Waals surface area contributed by atoms with Gasteiger partial charge in [0.05, 0.1) is 6.54 Å². The summed E-state index contributed by atoms with van der Waals surface area (Å²) in [4.78, 5) is 6.91. The number of aliphatic imine (C=N–C) groups is 1. The maximum atomic E-state index is 4.35. The average Bonchev–Trinajstić information content (AvgIpc) is 3.40. The van der Waals surface area contributed by atoms with Crippen molar-refractivity contribution >= 4 is 11.6 Å². The van der Waals surface area contributed by atoms with Gasteiger partial charge in [-0.15, -0.1) is 10.2 Å². The van der Waals surface area contributed by atoms with E-state index in [0.717, 1.165) is 43.5 Å². The second kappa shape index (κ2) is 9.52. The molecule has 1 saturated heterocycles. The SMILES string of the molecule is CN=C(NCc1nnc2ccccn12)NCC1CCN(CCc2ccccc2)C1. The largest absolute Gasteiger partial charge is 0.356 e. The van der Waals surface area contributed by atoms with Crippen LogP contribution in [0.4, 0.5) is 0 Å². The van der Waals surface area contributed by atoms with E-state index in [1.54, 1.807) is 7.05 Å². The summed E-state index contributed by atoms with van der Waals surface area (Å²) in [6, 6.07) is 16.6. The van der Waals surface area contributed by atoms with E-state index in [2.05, 4.69) is 61.1 Å². The summed E-state index contributed by atoms with van der Waals surface area (Å²) >= 11 is 0. The number of pyridine rings is 1. The van der Waals surface area contributed by atoms with Crippen LogP contribution in [0.5, 0.6) is 0 Å². The van der Waals surface area contributed by atoms with Crippen molar-refractivity contribution in [3.63, 3.8) is 0 Å². The van der Waals surface area contributed by atoms with Crippen molar-refractivity contribution in [3.8, 4) is 0 Å². The molecule has 1 aromatic carbocycles. The van der Waals surface area contributed by atoms with Gasteiger partial charge in [-0.05, 0) is 43.0 Å². The van der Waals surface area contributed by atoms with Gasteiger partial charge in [0.15, 0.2) is 17.4 Å². The van der Waals surface area contributed by atoms with Crippen molar-refractivity contribution < 1.29 is 0 Å². The topological polar surface area (TPSA) is 69.8 Å². The number of benzene rings is 1. The molecule has 0 spiro atoms. The Balaban J connectivity index is 1.20. The molecule has 4 rings (SSSR count). The zero-order valence-electron chi connectivity index (χ0n) is 17.0. The number of hydrogen-bond acceptors (Lipinski definition) is 4. The third-order valence-corrected chi connectivity index (χ3v) is 5.51. The van der Waals surface area contributed by atoms with E-state index < -0.39 is 0 Å². The van der Waals surface area contributed by atoms with Gasteiger partial charge in [-0.3, -0.25) is 9.39 Å². The molecule has 7 nitrogen and oxygen atoms in total. The Kier molecular flexibility index (Phi) is 6.36. The molecule has 1 aliphatic heterocycles. The predicted octanol–water partition coefficient (Wildman–Crippen LogP) is 1.96. The molecular formula is C22H29N7. The zero-order chi connectivity index (χ0) is 19.9. The zero-order valence-corrected chi connectivity index (χ0v) is 17.0. The molecule has 2 N–H and O–H groups in total. The highest BCUT2D eigenvalue weighted by Gasteiger charge is 2.22. The molecule has 0 amide bonds. The summed E-state index contributed by atoms with van der Waals surface area (Å²) in [7, 11) is 1.80. The lowest BCUT2D eigenvalue weighted by atomic mass is 10.1. The predicted molar refractivity (Wildman–Crippen MR) is 116 cm³/mol. The van der Waals surface area contributed by atoms with Gasteiger partial charge < -0.3 is 15.5 Å². The van der Waals surface area contributed by atoms with E-state index in [1.807, 2.05) is 28.8 Å². The highest BCUT2D eigenvalue weighted by molar-refractivity contribution is 5.79. The molecule has 1 fully saturated rings. The summed E-state index contributed by atoms with van der Waals surface area (Å²) < 4.78 is 1.99. The van der Waals surface area contributed by atoms with E-state index >= 15 is 0 Å². The standard InChI is InChI=1S/C22H29N7/c1-23-22(25-16-21-27-26-20-9-5-6-12-29(20)21)24-15-19-11-14-28(17-19)13-10-18-7-3-2-4-8-18/h2-9,12,19H,10-11,13-17H2,1H3,(H2,23,24,25). The average molecular weight is 392 g/mol. The van der Waals surface area contributed by atoms with Crippen LogP contribution in [0.25, 0.3) is 5.65 Å². The fraction of sp³-hybridized carbons (Fsp3) is 0.409. The third kappa shape index (κ3) is 5.12. The van der Waals surface area contributed by atoms with Crippen molar-refractivity contribution in [1.29, 1.82) is 0 Å². The van der Waals surface area contributed by atoms with Crippen molar-refractivity contribution in [2.24, 2.45) is 10.9 Å². The normalized spacial score (nSPS) is 17.7. The highest BCUT2D eigenvalue weighted by Crippen LogP contribution is 2.16. The van der Waals surface area contributed by atoms with Crippen molar-refractivity contribution in [2.75, 3.05) is 33.2 Å². The molecule has 1 unspecified atom stereocenters. The number of nitrogens with zero attached hydrogens (tertiary/aromatic N) is 5. The number of fused-ring (bicyclic) bond motifs is 1. The minimum Gasteiger partial charge on any atom is -0.356 e. The second-order valence-corrected chi connectivity index (χ2v) is 7.54. The van der Waals surface area contributed by atoms with Gasteiger partial charge >= 0.3 is 0 Å². The Hall–Kier alpha value is -2.93. The summed E-state index contributed by atoms with van der Waals surface area (Å²) in [5, 5.41) is 15.3. The molecule has 0 bridgehead atoms. The van der Waals surface area contributed by atoms with Crippen LogP contribution in [0.15, 0.2) is 59.7 Å². The van der Waals surface area contributed by atoms with E-state index in [0.29, 0.717) is 12.5 Å². The van der Waals surface area contributed by atoms with Crippen LogP contribution < -0.4 is 10.6 Å². The quantitative estimate of drug-likeness (QED) is 0.476. The fourth-order valence-electron chi connectivity index (χ4n) is 3.85. The molecule has 2 aromatic heterocycles. The Morgan fingerprint density at radius 2 is 1.97 bits per heavy atom. The first-order valence-electron chi connectivity index (χ1n) is 10.3. The molecule has 3 aromatic rings. The van der Waals surface area contributed by atoms with Crippen LogP contribution in [-0.2, 0) is 13.0 Å². The van der Waals surface area contributed by atoms with E-state index in [-0.39, 0.29) is 0 Å². The Morgan fingerprint density at radius 3 is 2.83 bits per heavy atom. The number of likely N-dealkylation sites (tertiary alicyclic amines) is 1. The van der Waals surface area contributed by atoms with Crippen LogP contribution in [-0.4, -0.2) is 58.7 Å². The molecule has 7 heteroatoms. The number of aromatic nitrogens is 3. The van der Waals surface area contributed by atoms with Gasteiger partial charge in [-0.1, -0.05) is 36.4 Å². The van der Waals surface area contributed by atoms with Crippen LogP contribution in [0.2, 0.25) is 0 Å². The molecule has 0 saturated carbocycles. The summed E-state index contributed by atoms with van der Waals surface area (Å²) in [6.45, 7) is 4.97. The minimum atomic E-state index is 0.582. The third-order valence-electron chi connectivity index (χ3n) is 5.51. The first kappa shape index (κ1) is 19.4. The molecular weight excluding hydrogens is 362 g/mol. The molecule has 0 radical (unpaired) electrons. The monoisotopic (exact) mass is 391 g/mol. The lowest BCUT2D eigenvalue weighted by Crippen LogP contribution is -2.40. The lowest BCUT2D eigenvalue weighted by Gasteiger charge is -2.17. The maximum Gasteiger partial charge on any atom is 0.191 e. The van der Waals surface area contributed by atoms with Crippen LogP contribution in [0, 0.1) is 5.92 Å². The van der Waals surface area contributed by atoms with Crippen LogP contribution in [0.1, 0.15) is 17.8 Å². The van der Waals surface area contributed by atoms with Gasteiger partial charge in [-0.25, -0.2) is 0 Å². The smallest absolute Gasteiger partial charge is 0.191 e. The Morgan fingerprint density at radius 1 is 1.10 bits per heavy atom. The van der Waals surface area contributed by atoms with Gasteiger partial charge in [0.2, 0.25) is 0 Å². The number of hydrogen-bond donors (Lipinski definition) is 2. The van der Waals surface area contributed by atoms with Gasteiger partial charge in [0, 0.05) is 32.9 Å². The van der Waals surface area contributed by atoms with Crippen molar-refractivity contribution in [3.05, 3.63) is 66.1 Å². The van der Waals surface area contributed by atoms with Crippen molar-refractivity contribution in [2.45, 2.75) is 19.4 Å². The van der Waals surface area contributed by atoms with E-state index in [1.165, 1.54) is 18.5 Å². The number of guanidine groups is 1. The Bertz CT molecular complexity index is 934. The summed E-state index contributed by atoms with van der Waals surface area (Å²) in [5.74, 6) is 2.33. The first-order valence-corrected chi connectivity index (χ1v) is 10.3.